The van der Waals surface area contributed by atoms with Gasteiger partial charge < -0.3 is 14.8 Å². The van der Waals surface area contributed by atoms with Crippen molar-refractivity contribution in [1.82, 2.24) is 4.98 Å². The lowest BCUT2D eigenvalue weighted by Gasteiger charge is -2.06. The number of ether oxygens (including phenoxy) is 1. The Morgan fingerprint density at radius 1 is 1.47 bits per heavy atom. The zero-order valence-corrected chi connectivity index (χ0v) is 8.95. The molecule has 0 aliphatic heterocycles. The standard InChI is InChI=1S/C12H15NO2/c1-3-12(14)10-7-13-11-5-4-8(15-2)6-9(10)11/h4-7,12-14H,3H2,1-2H3/t12-/m0/s1. The van der Waals surface area contributed by atoms with E-state index in [0.717, 1.165) is 22.2 Å². The molecule has 15 heavy (non-hydrogen) atoms. The number of aromatic amines is 1. The van der Waals surface area contributed by atoms with E-state index < -0.39 is 6.10 Å². The van der Waals surface area contributed by atoms with Crippen LogP contribution in [0.25, 0.3) is 10.9 Å². The van der Waals surface area contributed by atoms with Gasteiger partial charge in [-0.05, 0) is 24.6 Å². The third kappa shape index (κ3) is 1.70. The maximum atomic E-state index is 9.82. The highest BCUT2D eigenvalue weighted by Crippen LogP contribution is 2.28. The molecular formula is C12H15NO2. The van der Waals surface area contributed by atoms with Crippen molar-refractivity contribution in [3.8, 4) is 5.75 Å². The minimum Gasteiger partial charge on any atom is -0.497 e. The number of methoxy groups -OCH3 is 1. The van der Waals surface area contributed by atoms with Gasteiger partial charge in [0.25, 0.3) is 0 Å². The first kappa shape index (κ1) is 10.1. The van der Waals surface area contributed by atoms with E-state index in [9.17, 15) is 5.11 Å². The molecule has 1 aromatic carbocycles. The zero-order chi connectivity index (χ0) is 10.8. The van der Waals surface area contributed by atoms with Gasteiger partial charge in [-0.3, -0.25) is 0 Å². The molecule has 2 aromatic rings. The smallest absolute Gasteiger partial charge is 0.119 e. The molecule has 0 spiro atoms. The minimum absolute atomic E-state index is 0.411. The lowest BCUT2D eigenvalue weighted by Crippen LogP contribution is -1.93. The summed E-state index contributed by atoms with van der Waals surface area (Å²) in [6.07, 6.45) is 2.16. The summed E-state index contributed by atoms with van der Waals surface area (Å²) in [5, 5.41) is 10.9. The van der Waals surface area contributed by atoms with E-state index >= 15 is 0 Å². The van der Waals surface area contributed by atoms with E-state index in [1.54, 1.807) is 7.11 Å². The Kier molecular flexibility index (Phi) is 2.64. The zero-order valence-electron chi connectivity index (χ0n) is 8.95. The van der Waals surface area contributed by atoms with Crippen LogP contribution in [0.15, 0.2) is 24.4 Å². The number of H-pyrrole nitrogens is 1. The number of benzene rings is 1. The van der Waals surface area contributed by atoms with Crippen LogP contribution >= 0.6 is 0 Å². The van der Waals surface area contributed by atoms with Crippen molar-refractivity contribution in [2.24, 2.45) is 0 Å². The third-order valence-electron chi connectivity index (χ3n) is 2.67. The SMILES string of the molecule is CC[C@H](O)c1c[nH]c2ccc(OC)cc12. The van der Waals surface area contributed by atoms with Gasteiger partial charge in [0.15, 0.2) is 0 Å². The molecule has 80 valence electrons. The molecule has 0 saturated heterocycles. The number of aromatic nitrogens is 1. The molecule has 0 amide bonds. The van der Waals surface area contributed by atoms with Gasteiger partial charge in [-0.25, -0.2) is 0 Å². The predicted molar refractivity (Wildman–Crippen MR) is 60.1 cm³/mol. The molecule has 3 heteroatoms. The second-order valence-electron chi connectivity index (χ2n) is 3.58. The molecule has 0 bridgehead atoms. The number of aliphatic hydroxyl groups is 1. The Hall–Kier alpha value is -1.48. The van der Waals surface area contributed by atoms with Crippen LogP contribution in [0.5, 0.6) is 5.75 Å². The molecule has 1 aromatic heterocycles. The molecule has 0 fully saturated rings. The van der Waals surface area contributed by atoms with Crippen LogP contribution in [0.2, 0.25) is 0 Å². The summed E-state index contributed by atoms with van der Waals surface area (Å²) in [6.45, 7) is 1.96. The Bertz CT molecular complexity index is 462. The highest BCUT2D eigenvalue weighted by molar-refractivity contribution is 5.84. The summed E-state index contributed by atoms with van der Waals surface area (Å²) in [7, 11) is 1.64. The van der Waals surface area contributed by atoms with Crippen LogP contribution in [0.3, 0.4) is 0 Å². The van der Waals surface area contributed by atoms with Crippen LogP contribution in [0.1, 0.15) is 25.0 Å². The fourth-order valence-electron chi connectivity index (χ4n) is 1.74. The fourth-order valence-corrected chi connectivity index (χ4v) is 1.74. The van der Waals surface area contributed by atoms with Crippen molar-refractivity contribution >= 4 is 10.9 Å². The summed E-state index contributed by atoms with van der Waals surface area (Å²) in [6, 6.07) is 5.81. The minimum atomic E-state index is -0.411. The third-order valence-corrected chi connectivity index (χ3v) is 2.67. The van der Waals surface area contributed by atoms with Crippen molar-refractivity contribution in [3.05, 3.63) is 30.0 Å². The maximum Gasteiger partial charge on any atom is 0.119 e. The molecule has 2 N–H and O–H groups in total. The normalized spacial score (nSPS) is 13.0. The van der Waals surface area contributed by atoms with Crippen molar-refractivity contribution < 1.29 is 9.84 Å². The second kappa shape index (κ2) is 3.95. The first-order valence-corrected chi connectivity index (χ1v) is 5.09. The van der Waals surface area contributed by atoms with Crippen LogP contribution in [0, 0.1) is 0 Å². The summed E-state index contributed by atoms with van der Waals surface area (Å²) in [4.78, 5) is 3.14. The number of fused-ring (bicyclic) bond motifs is 1. The van der Waals surface area contributed by atoms with E-state index in [-0.39, 0.29) is 0 Å². The first-order valence-electron chi connectivity index (χ1n) is 5.09. The van der Waals surface area contributed by atoms with E-state index in [0.29, 0.717) is 6.42 Å². The number of nitrogens with one attached hydrogen (secondary N) is 1. The van der Waals surface area contributed by atoms with Crippen molar-refractivity contribution in [2.45, 2.75) is 19.4 Å². The summed E-state index contributed by atoms with van der Waals surface area (Å²) < 4.78 is 5.16. The van der Waals surface area contributed by atoms with Crippen molar-refractivity contribution in [2.75, 3.05) is 7.11 Å². The lowest BCUT2D eigenvalue weighted by molar-refractivity contribution is 0.175. The molecular weight excluding hydrogens is 190 g/mol. The molecule has 1 atom stereocenters. The highest BCUT2D eigenvalue weighted by Gasteiger charge is 2.11. The van der Waals surface area contributed by atoms with Crippen LogP contribution in [0.4, 0.5) is 0 Å². The van der Waals surface area contributed by atoms with E-state index in [1.165, 1.54) is 0 Å². The number of rotatable bonds is 3. The van der Waals surface area contributed by atoms with E-state index in [2.05, 4.69) is 4.98 Å². The Labute approximate surface area is 88.7 Å². The number of hydrogen-bond acceptors (Lipinski definition) is 2. The van der Waals surface area contributed by atoms with E-state index in [1.807, 2.05) is 31.3 Å². The van der Waals surface area contributed by atoms with Gasteiger partial charge in [0.05, 0.1) is 13.2 Å². The van der Waals surface area contributed by atoms with Crippen LogP contribution in [-0.2, 0) is 0 Å². The summed E-state index contributed by atoms with van der Waals surface area (Å²) >= 11 is 0. The van der Waals surface area contributed by atoms with Gasteiger partial charge in [0.1, 0.15) is 5.75 Å². The highest BCUT2D eigenvalue weighted by atomic mass is 16.5. The average molecular weight is 205 g/mol. The Morgan fingerprint density at radius 3 is 2.93 bits per heavy atom. The van der Waals surface area contributed by atoms with Crippen LogP contribution < -0.4 is 4.74 Å². The molecule has 0 radical (unpaired) electrons. The molecule has 2 rings (SSSR count). The summed E-state index contributed by atoms with van der Waals surface area (Å²) in [5.41, 5.74) is 1.96. The average Bonchev–Trinajstić information content (AvgIpc) is 2.70. The van der Waals surface area contributed by atoms with Crippen molar-refractivity contribution in [1.29, 1.82) is 0 Å². The lowest BCUT2D eigenvalue weighted by atomic mass is 10.1. The fraction of sp³-hybridized carbons (Fsp3) is 0.333. The summed E-state index contributed by atoms with van der Waals surface area (Å²) in [5.74, 6) is 0.812. The predicted octanol–water partition coefficient (Wildman–Crippen LogP) is 2.62. The van der Waals surface area contributed by atoms with Gasteiger partial charge >= 0.3 is 0 Å². The molecule has 0 aliphatic rings. The monoisotopic (exact) mass is 205 g/mol. The molecule has 0 saturated carbocycles. The Morgan fingerprint density at radius 2 is 2.27 bits per heavy atom. The molecule has 3 nitrogen and oxygen atoms in total. The number of aliphatic hydroxyl groups excluding tert-OH is 1. The maximum absolute atomic E-state index is 9.82. The van der Waals surface area contributed by atoms with Crippen LogP contribution in [-0.4, -0.2) is 17.2 Å². The molecule has 0 aliphatic carbocycles. The first-order chi connectivity index (χ1) is 7.26. The van der Waals surface area contributed by atoms with Gasteiger partial charge in [-0.15, -0.1) is 0 Å². The van der Waals surface area contributed by atoms with Gasteiger partial charge in [0.2, 0.25) is 0 Å². The van der Waals surface area contributed by atoms with E-state index in [4.69, 9.17) is 4.74 Å². The topological polar surface area (TPSA) is 45.2 Å². The van der Waals surface area contributed by atoms with Crippen molar-refractivity contribution in [3.63, 3.8) is 0 Å². The quantitative estimate of drug-likeness (QED) is 0.809. The van der Waals surface area contributed by atoms with Gasteiger partial charge in [0, 0.05) is 22.7 Å². The molecule has 0 unspecified atom stereocenters. The number of hydrogen-bond donors (Lipinski definition) is 2. The molecule has 1 heterocycles. The Balaban J connectivity index is 2.56. The largest absolute Gasteiger partial charge is 0.497 e. The van der Waals surface area contributed by atoms with Gasteiger partial charge in [-0.1, -0.05) is 6.92 Å². The second-order valence-corrected chi connectivity index (χ2v) is 3.58. The van der Waals surface area contributed by atoms with Gasteiger partial charge in [-0.2, -0.15) is 0 Å².